The first-order chi connectivity index (χ1) is 12.3. The Balaban J connectivity index is 1.71. The number of nitrogens with one attached hydrogen (secondary N) is 1. The summed E-state index contributed by atoms with van der Waals surface area (Å²) in [6.45, 7) is 3.61. The molecule has 0 radical (unpaired) electrons. The largest absolute Gasteiger partial charge is 0.418 e. The number of para-hydroxylation sites is 1. The van der Waals surface area contributed by atoms with Gasteiger partial charge in [-0.2, -0.15) is 13.2 Å². The number of likely N-dealkylation sites (N-methyl/N-ethyl adjacent to an activating group) is 1. The van der Waals surface area contributed by atoms with Crippen LogP contribution in [0.3, 0.4) is 0 Å². The predicted molar refractivity (Wildman–Crippen MR) is 93.3 cm³/mol. The van der Waals surface area contributed by atoms with Crippen molar-refractivity contribution in [1.82, 2.24) is 9.88 Å². The van der Waals surface area contributed by atoms with Crippen LogP contribution in [-0.2, 0) is 6.18 Å². The minimum absolute atomic E-state index is 0.0693. The van der Waals surface area contributed by atoms with Crippen LogP contribution in [0.4, 0.5) is 24.5 Å². The number of piperazine rings is 1. The highest BCUT2D eigenvalue weighted by molar-refractivity contribution is 6.03. The van der Waals surface area contributed by atoms with Crippen LogP contribution < -0.4 is 10.2 Å². The number of benzene rings is 1. The average Bonchev–Trinajstić information content (AvgIpc) is 2.62. The fourth-order valence-electron chi connectivity index (χ4n) is 2.80. The summed E-state index contributed by atoms with van der Waals surface area (Å²) in [5.74, 6) is -0.674. The molecule has 2 aromatic rings. The maximum Gasteiger partial charge on any atom is 0.418 e. The maximum atomic E-state index is 13.0. The standard InChI is InChI=1S/C18H19F3N4O/c1-24-8-10-25(11-9-24)13-6-7-16(22-12-13)17(26)23-15-5-3-2-4-14(15)18(19,20)21/h2-7,12H,8-11H2,1H3,(H,23,26). The zero-order valence-electron chi connectivity index (χ0n) is 14.3. The first-order valence-electron chi connectivity index (χ1n) is 8.22. The molecule has 1 amide bonds. The molecule has 3 rings (SSSR count). The highest BCUT2D eigenvalue weighted by atomic mass is 19.4. The second kappa shape index (κ2) is 7.33. The number of pyridine rings is 1. The van der Waals surface area contributed by atoms with Crippen molar-refractivity contribution in [2.24, 2.45) is 0 Å². The third-order valence-electron chi connectivity index (χ3n) is 4.33. The molecule has 1 N–H and O–H groups in total. The summed E-state index contributed by atoms with van der Waals surface area (Å²) in [5, 5.41) is 2.30. The molecule has 1 saturated heterocycles. The Labute approximate surface area is 149 Å². The molecule has 0 aliphatic carbocycles. The zero-order valence-corrected chi connectivity index (χ0v) is 14.3. The molecule has 26 heavy (non-hydrogen) atoms. The van der Waals surface area contributed by atoms with Crippen molar-refractivity contribution < 1.29 is 18.0 Å². The lowest BCUT2D eigenvalue weighted by atomic mass is 10.1. The minimum Gasteiger partial charge on any atom is -0.368 e. The summed E-state index contributed by atoms with van der Waals surface area (Å²) in [6.07, 6.45) is -2.96. The molecule has 0 unspecified atom stereocenters. The van der Waals surface area contributed by atoms with Gasteiger partial charge in [0.25, 0.3) is 5.91 Å². The van der Waals surface area contributed by atoms with Crippen LogP contribution in [0.1, 0.15) is 16.1 Å². The molecule has 0 saturated carbocycles. The normalized spacial score (nSPS) is 15.8. The SMILES string of the molecule is CN1CCN(c2ccc(C(=O)Nc3ccccc3C(F)(F)F)nc2)CC1. The van der Waals surface area contributed by atoms with Gasteiger partial charge in [0.15, 0.2) is 0 Å². The molecule has 0 bridgehead atoms. The summed E-state index contributed by atoms with van der Waals surface area (Å²) < 4.78 is 39.0. The fraction of sp³-hybridized carbons (Fsp3) is 0.333. The second-order valence-electron chi connectivity index (χ2n) is 6.19. The first-order valence-corrected chi connectivity index (χ1v) is 8.22. The third kappa shape index (κ3) is 4.13. The highest BCUT2D eigenvalue weighted by Gasteiger charge is 2.33. The van der Waals surface area contributed by atoms with Crippen LogP contribution in [0.15, 0.2) is 42.6 Å². The van der Waals surface area contributed by atoms with Crippen LogP contribution in [0, 0.1) is 0 Å². The Morgan fingerprint density at radius 2 is 1.77 bits per heavy atom. The van der Waals surface area contributed by atoms with E-state index in [1.165, 1.54) is 24.3 Å². The van der Waals surface area contributed by atoms with Crippen molar-refractivity contribution in [2.45, 2.75) is 6.18 Å². The molecule has 1 aliphatic heterocycles. The van der Waals surface area contributed by atoms with Crippen LogP contribution in [0.2, 0.25) is 0 Å². The molecule has 0 atom stereocenters. The predicted octanol–water partition coefficient (Wildman–Crippen LogP) is 3.10. The number of aromatic nitrogens is 1. The molecule has 1 aromatic heterocycles. The summed E-state index contributed by atoms with van der Waals surface area (Å²) in [6, 6.07) is 8.16. The van der Waals surface area contributed by atoms with Gasteiger partial charge in [-0.3, -0.25) is 4.79 Å². The Bertz CT molecular complexity index is 769. The molecule has 0 spiro atoms. The van der Waals surface area contributed by atoms with Crippen molar-refractivity contribution >= 4 is 17.3 Å². The lowest BCUT2D eigenvalue weighted by molar-refractivity contribution is -0.136. The van der Waals surface area contributed by atoms with Gasteiger partial charge in [-0.1, -0.05) is 12.1 Å². The van der Waals surface area contributed by atoms with Crippen molar-refractivity contribution in [3.05, 3.63) is 53.9 Å². The summed E-state index contributed by atoms with van der Waals surface area (Å²) in [7, 11) is 2.06. The lowest BCUT2D eigenvalue weighted by Crippen LogP contribution is -2.44. The molecule has 1 aliphatic rings. The highest BCUT2D eigenvalue weighted by Crippen LogP contribution is 2.34. The van der Waals surface area contributed by atoms with Crippen molar-refractivity contribution in [3.8, 4) is 0 Å². The minimum atomic E-state index is -4.54. The number of halogens is 3. The van der Waals surface area contributed by atoms with E-state index in [9.17, 15) is 18.0 Å². The summed E-state index contributed by atoms with van der Waals surface area (Å²) in [4.78, 5) is 20.8. The number of alkyl halides is 3. The topological polar surface area (TPSA) is 48.5 Å². The quantitative estimate of drug-likeness (QED) is 0.909. The van der Waals surface area contributed by atoms with E-state index in [-0.39, 0.29) is 11.4 Å². The van der Waals surface area contributed by atoms with Gasteiger partial charge >= 0.3 is 6.18 Å². The van der Waals surface area contributed by atoms with E-state index < -0.39 is 17.6 Å². The molecule has 5 nitrogen and oxygen atoms in total. The van der Waals surface area contributed by atoms with Gasteiger partial charge in [-0.05, 0) is 31.3 Å². The number of hydrogen-bond acceptors (Lipinski definition) is 4. The second-order valence-corrected chi connectivity index (χ2v) is 6.19. The Morgan fingerprint density at radius 3 is 2.38 bits per heavy atom. The monoisotopic (exact) mass is 364 g/mol. The van der Waals surface area contributed by atoms with Gasteiger partial charge in [0.1, 0.15) is 5.69 Å². The fourth-order valence-corrected chi connectivity index (χ4v) is 2.80. The van der Waals surface area contributed by atoms with Crippen LogP contribution in [0.25, 0.3) is 0 Å². The van der Waals surface area contributed by atoms with E-state index in [0.717, 1.165) is 37.9 Å². The van der Waals surface area contributed by atoms with Gasteiger partial charge in [0.05, 0.1) is 23.1 Å². The van der Waals surface area contributed by atoms with Crippen LogP contribution >= 0.6 is 0 Å². The molecular formula is C18H19F3N4O. The number of nitrogens with zero attached hydrogens (tertiary/aromatic N) is 3. The van der Waals surface area contributed by atoms with Gasteiger partial charge in [-0.15, -0.1) is 0 Å². The molecule has 8 heteroatoms. The Kier molecular flexibility index (Phi) is 5.13. The van der Waals surface area contributed by atoms with Crippen molar-refractivity contribution in [3.63, 3.8) is 0 Å². The maximum absolute atomic E-state index is 13.0. The van der Waals surface area contributed by atoms with E-state index in [1.54, 1.807) is 12.3 Å². The van der Waals surface area contributed by atoms with Gasteiger partial charge < -0.3 is 15.1 Å². The Morgan fingerprint density at radius 1 is 1.08 bits per heavy atom. The number of carbonyl (C=O) groups is 1. The van der Waals surface area contributed by atoms with Gasteiger partial charge in [0, 0.05) is 26.2 Å². The third-order valence-corrected chi connectivity index (χ3v) is 4.33. The molecule has 138 valence electrons. The molecular weight excluding hydrogens is 345 g/mol. The van der Waals surface area contributed by atoms with E-state index in [4.69, 9.17) is 0 Å². The number of amides is 1. The van der Waals surface area contributed by atoms with E-state index >= 15 is 0 Å². The number of anilines is 2. The van der Waals surface area contributed by atoms with E-state index in [2.05, 4.69) is 27.1 Å². The number of rotatable bonds is 3. The van der Waals surface area contributed by atoms with E-state index in [1.807, 2.05) is 0 Å². The summed E-state index contributed by atoms with van der Waals surface area (Å²) >= 11 is 0. The lowest BCUT2D eigenvalue weighted by Gasteiger charge is -2.33. The zero-order chi connectivity index (χ0) is 18.7. The first kappa shape index (κ1) is 18.2. The van der Waals surface area contributed by atoms with Crippen LogP contribution in [-0.4, -0.2) is 49.0 Å². The molecule has 2 heterocycles. The number of hydrogen-bond donors (Lipinski definition) is 1. The van der Waals surface area contributed by atoms with E-state index in [0.29, 0.717) is 0 Å². The molecule has 1 fully saturated rings. The van der Waals surface area contributed by atoms with Crippen LogP contribution in [0.5, 0.6) is 0 Å². The smallest absolute Gasteiger partial charge is 0.368 e. The average molecular weight is 364 g/mol. The van der Waals surface area contributed by atoms with Crippen molar-refractivity contribution in [1.29, 1.82) is 0 Å². The number of carbonyl (C=O) groups excluding carboxylic acids is 1. The van der Waals surface area contributed by atoms with Crippen molar-refractivity contribution in [2.75, 3.05) is 43.4 Å². The summed E-state index contributed by atoms with van der Waals surface area (Å²) in [5.41, 5.74) is -0.206. The van der Waals surface area contributed by atoms with Gasteiger partial charge in [0.2, 0.25) is 0 Å². The molecule has 1 aromatic carbocycles. The van der Waals surface area contributed by atoms with Gasteiger partial charge in [-0.25, -0.2) is 4.98 Å². The Hall–Kier alpha value is -2.61.